The zero-order valence-electron chi connectivity index (χ0n) is 17.7. The summed E-state index contributed by atoms with van der Waals surface area (Å²) in [5.41, 5.74) is 2.71. The molecule has 166 valence electrons. The fourth-order valence-corrected chi connectivity index (χ4v) is 3.44. The van der Waals surface area contributed by atoms with Crippen molar-refractivity contribution >= 4 is 17.6 Å². The average molecular weight is 428 g/mol. The predicted octanol–water partition coefficient (Wildman–Crippen LogP) is 1.65. The second-order valence-corrected chi connectivity index (χ2v) is 7.83. The number of aliphatic hydroxyl groups is 2. The number of carbonyl (C=O) groups excluding carboxylic acids is 2. The van der Waals surface area contributed by atoms with E-state index < -0.39 is 30.4 Å². The van der Waals surface area contributed by atoms with E-state index in [-0.39, 0.29) is 18.9 Å². The van der Waals surface area contributed by atoms with E-state index in [2.05, 4.69) is 10.6 Å². The highest BCUT2D eigenvalue weighted by molar-refractivity contribution is 5.89. The minimum absolute atomic E-state index is 0.000463. The summed E-state index contributed by atoms with van der Waals surface area (Å²) in [7, 11) is 1.68. The van der Waals surface area contributed by atoms with Gasteiger partial charge in [0, 0.05) is 25.8 Å². The van der Waals surface area contributed by atoms with Crippen LogP contribution in [0.2, 0.25) is 0 Å². The highest BCUT2D eigenvalue weighted by Gasteiger charge is 2.43. The smallest absolute Gasteiger partial charge is 0.319 e. The Labute approximate surface area is 181 Å². The van der Waals surface area contributed by atoms with E-state index >= 15 is 0 Å². The first-order valence-corrected chi connectivity index (χ1v) is 10.2. The first-order valence-electron chi connectivity index (χ1n) is 10.2. The van der Waals surface area contributed by atoms with Crippen LogP contribution in [0.3, 0.4) is 0 Å². The fraction of sp³-hybridized carbons (Fsp3) is 0.391. The van der Waals surface area contributed by atoms with Crippen molar-refractivity contribution in [2.45, 2.75) is 44.3 Å². The maximum Gasteiger partial charge on any atom is 0.319 e. The van der Waals surface area contributed by atoms with Gasteiger partial charge in [-0.2, -0.15) is 0 Å². The van der Waals surface area contributed by atoms with Crippen molar-refractivity contribution < 1.29 is 24.5 Å². The lowest BCUT2D eigenvalue weighted by atomic mass is 10.0. The van der Waals surface area contributed by atoms with Gasteiger partial charge in [0.25, 0.3) is 0 Å². The second-order valence-electron chi connectivity index (χ2n) is 7.83. The summed E-state index contributed by atoms with van der Waals surface area (Å²) in [4.78, 5) is 26.2. The quantitative estimate of drug-likeness (QED) is 0.537. The van der Waals surface area contributed by atoms with Crippen molar-refractivity contribution in [2.75, 3.05) is 18.9 Å². The van der Waals surface area contributed by atoms with Crippen LogP contribution in [0.15, 0.2) is 54.6 Å². The Morgan fingerprint density at radius 1 is 1.00 bits per heavy atom. The molecule has 1 aliphatic rings. The molecule has 0 saturated carbocycles. The van der Waals surface area contributed by atoms with Gasteiger partial charge in [-0.15, -0.1) is 0 Å². The van der Waals surface area contributed by atoms with E-state index in [1.807, 2.05) is 49.4 Å². The van der Waals surface area contributed by atoms with E-state index in [4.69, 9.17) is 4.74 Å². The van der Waals surface area contributed by atoms with Crippen LogP contribution in [0.4, 0.5) is 10.5 Å². The number of ether oxygens (including phenoxy) is 1. The van der Waals surface area contributed by atoms with Crippen molar-refractivity contribution in [3.8, 4) is 0 Å². The number of carbonyl (C=O) groups is 2. The molecule has 3 rings (SSSR count). The Balaban J connectivity index is 1.47. The number of benzene rings is 2. The summed E-state index contributed by atoms with van der Waals surface area (Å²) in [6, 6.07) is 16.5. The molecule has 0 aliphatic carbocycles. The number of hydrogen-bond acceptors (Lipinski definition) is 5. The average Bonchev–Trinajstić information content (AvgIpc) is 3.02. The lowest BCUT2D eigenvalue weighted by Gasteiger charge is -2.21. The summed E-state index contributed by atoms with van der Waals surface area (Å²) in [5.74, 6) is -0.203. The summed E-state index contributed by atoms with van der Waals surface area (Å²) in [6.45, 7) is 2.39. The molecule has 8 nitrogen and oxygen atoms in total. The Morgan fingerprint density at radius 3 is 2.32 bits per heavy atom. The summed E-state index contributed by atoms with van der Waals surface area (Å²) in [5, 5.41) is 25.9. The van der Waals surface area contributed by atoms with Crippen LogP contribution in [0.25, 0.3) is 0 Å². The van der Waals surface area contributed by atoms with Gasteiger partial charge in [-0.3, -0.25) is 4.79 Å². The molecular weight excluding hydrogens is 398 g/mol. The van der Waals surface area contributed by atoms with Crippen LogP contribution in [-0.4, -0.2) is 65.1 Å². The molecule has 31 heavy (non-hydrogen) atoms. The van der Waals surface area contributed by atoms with Crippen LogP contribution >= 0.6 is 0 Å². The number of nitrogens with zero attached hydrogens (tertiary/aromatic N) is 1. The highest BCUT2D eigenvalue weighted by Crippen LogP contribution is 2.24. The third-order valence-corrected chi connectivity index (χ3v) is 5.30. The number of aryl methyl sites for hydroxylation is 1. The Hall–Kier alpha value is -2.94. The van der Waals surface area contributed by atoms with Crippen molar-refractivity contribution in [3.63, 3.8) is 0 Å². The van der Waals surface area contributed by atoms with Gasteiger partial charge in [-0.25, -0.2) is 4.79 Å². The maximum atomic E-state index is 12.5. The van der Waals surface area contributed by atoms with E-state index in [0.29, 0.717) is 12.2 Å². The van der Waals surface area contributed by atoms with Crippen LogP contribution in [0, 0.1) is 6.92 Å². The molecule has 0 unspecified atom stereocenters. The van der Waals surface area contributed by atoms with Gasteiger partial charge in [0.1, 0.15) is 18.3 Å². The third-order valence-electron chi connectivity index (χ3n) is 5.30. The van der Waals surface area contributed by atoms with Gasteiger partial charge in [0.05, 0.1) is 12.5 Å². The number of aliphatic hydroxyl groups excluding tert-OH is 2. The van der Waals surface area contributed by atoms with Crippen LogP contribution in [0.1, 0.15) is 17.5 Å². The molecular formula is C23H29N3O5. The maximum absolute atomic E-state index is 12.5. The molecule has 3 amide bonds. The second kappa shape index (κ2) is 10.4. The molecule has 1 aliphatic heterocycles. The fourth-order valence-electron chi connectivity index (χ4n) is 3.44. The number of nitrogens with one attached hydrogen (secondary N) is 2. The lowest BCUT2D eigenvalue weighted by molar-refractivity contribution is -0.134. The summed E-state index contributed by atoms with van der Waals surface area (Å²) in [6.07, 6.45) is -4.12. The topological polar surface area (TPSA) is 111 Å². The van der Waals surface area contributed by atoms with Gasteiger partial charge < -0.3 is 30.5 Å². The van der Waals surface area contributed by atoms with Crippen LogP contribution in [-0.2, 0) is 16.1 Å². The van der Waals surface area contributed by atoms with E-state index in [9.17, 15) is 19.8 Å². The minimum atomic E-state index is -1.21. The molecule has 1 heterocycles. The Bertz CT molecular complexity index is 875. The lowest BCUT2D eigenvalue weighted by Crippen LogP contribution is -2.41. The largest absolute Gasteiger partial charge is 0.388 e. The molecule has 2 aromatic carbocycles. The predicted molar refractivity (Wildman–Crippen MR) is 116 cm³/mol. The van der Waals surface area contributed by atoms with Crippen molar-refractivity contribution in [2.24, 2.45) is 0 Å². The van der Waals surface area contributed by atoms with Gasteiger partial charge in [-0.1, -0.05) is 48.0 Å². The highest BCUT2D eigenvalue weighted by atomic mass is 16.5. The van der Waals surface area contributed by atoms with Crippen molar-refractivity contribution in [3.05, 3.63) is 65.7 Å². The first-order chi connectivity index (χ1) is 14.8. The summed E-state index contributed by atoms with van der Waals surface area (Å²) >= 11 is 0. The Kier molecular flexibility index (Phi) is 7.62. The van der Waals surface area contributed by atoms with Crippen molar-refractivity contribution in [1.82, 2.24) is 10.2 Å². The number of urea groups is 1. The molecule has 0 spiro atoms. The number of hydrogen-bond donors (Lipinski definition) is 4. The van der Waals surface area contributed by atoms with Crippen LogP contribution in [0.5, 0.6) is 0 Å². The third kappa shape index (κ3) is 6.27. The van der Waals surface area contributed by atoms with Gasteiger partial charge in [-0.05, 0) is 24.6 Å². The van der Waals surface area contributed by atoms with Crippen molar-refractivity contribution in [1.29, 1.82) is 0 Å². The molecule has 0 aromatic heterocycles. The van der Waals surface area contributed by atoms with Gasteiger partial charge in [0.15, 0.2) is 0 Å². The Morgan fingerprint density at radius 2 is 1.65 bits per heavy atom. The zero-order chi connectivity index (χ0) is 22.4. The number of rotatable bonds is 7. The molecule has 0 radical (unpaired) electrons. The summed E-state index contributed by atoms with van der Waals surface area (Å²) < 4.78 is 5.68. The molecule has 4 N–H and O–H groups in total. The monoisotopic (exact) mass is 427 g/mol. The molecule has 1 saturated heterocycles. The number of anilines is 1. The van der Waals surface area contributed by atoms with Crippen LogP contribution < -0.4 is 10.6 Å². The normalized spacial score (nSPS) is 22.7. The molecule has 2 aromatic rings. The van der Waals surface area contributed by atoms with E-state index in [1.165, 1.54) is 0 Å². The molecule has 1 fully saturated rings. The molecule has 4 atom stereocenters. The van der Waals surface area contributed by atoms with E-state index in [1.54, 1.807) is 24.1 Å². The molecule has 0 bridgehead atoms. The first kappa shape index (κ1) is 22.7. The van der Waals surface area contributed by atoms with E-state index in [0.717, 1.165) is 11.1 Å². The van der Waals surface area contributed by atoms with Gasteiger partial charge in [0.2, 0.25) is 5.91 Å². The number of amides is 3. The molecule has 8 heteroatoms. The zero-order valence-corrected chi connectivity index (χ0v) is 17.7. The standard InChI is InChI=1S/C23H29N3O5/c1-15-8-10-17(11-9-15)25-23(30)24-13-19-22(29)21(28)18(31-19)12-20(27)26(2)14-16-6-4-3-5-7-16/h3-11,18-19,21-22,28-29H,12-14H2,1-2H3,(H2,24,25,30)/t18-,19-,21-,22+/m0/s1. The minimum Gasteiger partial charge on any atom is -0.388 e. The van der Waals surface area contributed by atoms with Gasteiger partial charge >= 0.3 is 6.03 Å². The SMILES string of the molecule is Cc1ccc(NC(=O)NC[C@@H]2O[C@@H](CC(=O)N(C)Cc3ccccc3)[C@H](O)[C@@H]2O)cc1.